The first kappa shape index (κ1) is 25.1. The molecule has 3 aromatic carbocycles. The molecule has 3 aromatic rings. The van der Waals surface area contributed by atoms with Crippen LogP contribution in [-0.4, -0.2) is 34.0 Å². The summed E-state index contributed by atoms with van der Waals surface area (Å²) in [7, 11) is -2.51. The molecule has 3 rings (SSSR count). The lowest BCUT2D eigenvalue weighted by Gasteiger charge is -2.19. The van der Waals surface area contributed by atoms with Crippen molar-refractivity contribution >= 4 is 39.1 Å². The first-order valence-electron chi connectivity index (χ1n) is 10.2. The van der Waals surface area contributed by atoms with Crippen molar-refractivity contribution in [2.75, 3.05) is 13.7 Å². The Kier molecular flexibility index (Phi) is 8.74. The number of carbonyl (C=O) groups excluding carboxylic acids is 1. The van der Waals surface area contributed by atoms with Gasteiger partial charge in [-0.25, -0.2) is 8.42 Å². The van der Waals surface area contributed by atoms with Crippen LogP contribution in [0, 0.1) is 0 Å². The third-order valence-corrected chi connectivity index (χ3v) is 7.14. The summed E-state index contributed by atoms with van der Waals surface area (Å²) >= 11 is 12.0. The molecule has 174 valence electrons. The fraction of sp³-hybridized carbons (Fsp3) is 0.208. The molecule has 0 aliphatic heterocycles. The van der Waals surface area contributed by atoms with E-state index in [0.717, 1.165) is 16.9 Å². The fourth-order valence-corrected chi connectivity index (χ4v) is 5.17. The van der Waals surface area contributed by atoms with E-state index >= 15 is 0 Å². The molecule has 9 heteroatoms. The Balaban J connectivity index is 1.74. The van der Waals surface area contributed by atoms with Gasteiger partial charge >= 0.3 is 0 Å². The zero-order chi connectivity index (χ0) is 23.8. The van der Waals surface area contributed by atoms with Gasteiger partial charge in [0.1, 0.15) is 16.7 Å². The van der Waals surface area contributed by atoms with Crippen molar-refractivity contribution in [1.82, 2.24) is 10.0 Å². The van der Waals surface area contributed by atoms with E-state index in [2.05, 4.69) is 10.0 Å². The molecule has 0 aromatic heterocycles. The van der Waals surface area contributed by atoms with Crippen molar-refractivity contribution in [3.63, 3.8) is 0 Å². The molecule has 0 spiro atoms. The van der Waals surface area contributed by atoms with E-state index in [1.54, 1.807) is 7.11 Å². The van der Waals surface area contributed by atoms with E-state index in [9.17, 15) is 13.2 Å². The first-order valence-corrected chi connectivity index (χ1v) is 12.4. The van der Waals surface area contributed by atoms with Gasteiger partial charge < -0.3 is 10.1 Å². The quantitative estimate of drug-likeness (QED) is 0.430. The lowest BCUT2D eigenvalue weighted by molar-refractivity contribution is -0.122. The van der Waals surface area contributed by atoms with Gasteiger partial charge in [-0.15, -0.1) is 0 Å². The summed E-state index contributed by atoms with van der Waals surface area (Å²) in [5.41, 5.74) is 1.83. The average Bonchev–Trinajstić information content (AvgIpc) is 2.81. The minimum absolute atomic E-state index is 0.0188. The molecular formula is C24H24Cl2N2O4S. The van der Waals surface area contributed by atoms with E-state index < -0.39 is 22.0 Å². The lowest BCUT2D eigenvalue weighted by Crippen LogP contribution is -2.48. The number of sulfonamides is 1. The van der Waals surface area contributed by atoms with E-state index in [1.807, 2.05) is 54.6 Å². The van der Waals surface area contributed by atoms with Crippen LogP contribution in [0.15, 0.2) is 77.7 Å². The van der Waals surface area contributed by atoms with E-state index in [1.165, 1.54) is 18.2 Å². The number of benzene rings is 3. The molecule has 6 nitrogen and oxygen atoms in total. The predicted molar refractivity (Wildman–Crippen MR) is 130 cm³/mol. The van der Waals surface area contributed by atoms with Crippen molar-refractivity contribution in [2.24, 2.45) is 0 Å². The SMILES string of the molecule is COc1ccc(CCNC(=O)[C@@H](Cc2ccccc2)NS(=O)(=O)c2cc(Cl)ccc2Cl)cc1. The highest BCUT2D eigenvalue weighted by Gasteiger charge is 2.27. The minimum atomic E-state index is -4.10. The number of nitrogens with one attached hydrogen (secondary N) is 2. The highest BCUT2D eigenvalue weighted by molar-refractivity contribution is 7.89. The molecule has 0 radical (unpaired) electrons. The highest BCUT2D eigenvalue weighted by Crippen LogP contribution is 2.25. The maximum absolute atomic E-state index is 13.0. The van der Waals surface area contributed by atoms with Crippen LogP contribution in [0.2, 0.25) is 10.0 Å². The average molecular weight is 507 g/mol. The van der Waals surface area contributed by atoms with E-state index in [4.69, 9.17) is 27.9 Å². The molecule has 0 bridgehead atoms. The number of amides is 1. The van der Waals surface area contributed by atoms with Gasteiger partial charge in [-0.2, -0.15) is 4.72 Å². The molecule has 0 saturated heterocycles. The number of carbonyl (C=O) groups is 1. The predicted octanol–water partition coefficient (Wildman–Crippen LogP) is 4.25. The van der Waals surface area contributed by atoms with Gasteiger partial charge in [-0.1, -0.05) is 65.7 Å². The number of hydrogen-bond donors (Lipinski definition) is 2. The molecular weight excluding hydrogens is 483 g/mol. The van der Waals surface area contributed by atoms with Gasteiger partial charge in [0.2, 0.25) is 15.9 Å². The highest BCUT2D eigenvalue weighted by atomic mass is 35.5. The van der Waals surface area contributed by atoms with Gasteiger partial charge in [-0.3, -0.25) is 4.79 Å². The third kappa shape index (κ3) is 7.20. The zero-order valence-electron chi connectivity index (χ0n) is 17.9. The Morgan fingerprint density at radius 2 is 1.67 bits per heavy atom. The summed E-state index contributed by atoms with van der Waals surface area (Å²) in [5, 5.41) is 3.07. The summed E-state index contributed by atoms with van der Waals surface area (Å²) < 4.78 is 33.7. The first-order chi connectivity index (χ1) is 15.8. The summed E-state index contributed by atoms with van der Waals surface area (Å²) in [6.45, 7) is 0.343. The van der Waals surface area contributed by atoms with Crippen molar-refractivity contribution in [2.45, 2.75) is 23.8 Å². The minimum Gasteiger partial charge on any atom is -0.497 e. The van der Waals surface area contributed by atoms with E-state index in [0.29, 0.717) is 13.0 Å². The topological polar surface area (TPSA) is 84.5 Å². The van der Waals surface area contributed by atoms with Crippen LogP contribution in [0.1, 0.15) is 11.1 Å². The Hall–Kier alpha value is -2.58. The van der Waals surface area contributed by atoms with Crippen molar-refractivity contribution in [3.8, 4) is 5.75 Å². The summed E-state index contributed by atoms with van der Waals surface area (Å²) in [4.78, 5) is 12.8. The Bertz CT molecular complexity index is 1190. The molecule has 0 aliphatic rings. The van der Waals surface area contributed by atoms with Gasteiger partial charge in [-0.05, 0) is 54.3 Å². The van der Waals surface area contributed by atoms with Gasteiger partial charge in [0.25, 0.3) is 0 Å². The normalized spacial score (nSPS) is 12.2. The lowest BCUT2D eigenvalue weighted by atomic mass is 10.1. The Morgan fingerprint density at radius 1 is 0.970 bits per heavy atom. The molecule has 0 aliphatic carbocycles. The molecule has 1 atom stereocenters. The fourth-order valence-electron chi connectivity index (χ4n) is 3.22. The van der Waals surface area contributed by atoms with Crippen LogP contribution >= 0.6 is 23.2 Å². The van der Waals surface area contributed by atoms with E-state index in [-0.39, 0.29) is 21.4 Å². The number of hydrogen-bond acceptors (Lipinski definition) is 4. The van der Waals surface area contributed by atoms with Crippen LogP contribution in [0.3, 0.4) is 0 Å². The second-order valence-corrected chi connectivity index (χ2v) is 9.85. The van der Waals surface area contributed by atoms with Gasteiger partial charge in [0, 0.05) is 11.6 Å². The number of ether oxygens (including phenoxy) is 1. The largest absolute Gasteiger partial charge is 0.497 e. The Labute approximate surface area is 203 Å². The molecule has 33 heavy (non-hydrogen) atoms. The number of methoxy groups -OCH3 is 1. The smallest absolute Gasteiger partial charge is 0.242 e. The Morgan fingerprint density at radius 3 is 2.33 bits per heavy atom. The summed E-state index contributed by atoms with van der Waals surface area (Å²) in [6.07, 6.45) is 0.757. The molecule has 0 fully saturated rings. The molecule has 1 amide bonds. The summed E-state index contributed by atoms with van der Waals surface area (Å²) in [5.74, 6) is 0.314. The van der Waals surface area contributed by atoms with Crippen LogP contribution in [-0.2, 0) is 27.7 Å². The van der Waals surface area contributed by atoms with Crippen LogP contribution in [0.4, 0.5) is 0 Å². The second kappa shape index (κ2) is 11.5. The number of halogens is 2. The van der Waals surface area contributed by atoms with Crippen molar-refractivity contribution in [3.05, 3.63) is 94.0 Å². The zero-order valence-corrected chi connectivity index (χ0v) is 20.3. The number of rotatable bonds is 10. The molecule has 0 unspecified atom stereocenters. The maximum atomic E-state index is 13.0. The standard InChI is InChI=1S/C24H24Cl2N2O4S/c1-32-20-10-7-17(8-11-20)13-14-27-24(29)22(15-18-5-3-2-4-6-18)28-33(30,31)23-16-19(25)9-12-21(23)26/h2-12,16,22,28H,13-15H2,1H3,(H,27,29)/t22-/m1/s1. The third-order valence-electron chi connectivity index (χ3n) is 4.95. The summed E-state index contributed by atoms with van der Waals surface area (Å²) in [6, 6.07) is 19.8. The van der Waals surface area contributed by atoms with Crippen LogP contribution in [0.25, 0.3) is 0 Å². The van der Waals surface area contributed by atoms with Crippen LogP contribution in [0.5, 0.6) is 5.75 Å². The second-order valence-electron chi connectivity index (χ2n) is 7.33. The molecule has 2 N–H and O–H groups in total. The molecule has 0 heterocycles. The van der Waals surface area contributed by atoms with Gasteiger partial charge in [0.15, 0.2) is 0 Å². The van der Waals surface area contributed by atoms with Crippen molar-refractivity contribution in [1.29, 1.82) is 0 Å². The monoisotopic (exact) mass is 506 g/mol. The maximum Gasteiger partial charge on any atom is 0.242 e. The van der Waals surface area contributed by atoms with Crippen molar-refractivity contribution < 1.29 is 17.9 Å². The molecule has 0 saturated carbocycles. The van der Waals surface area contributed by atoms with Crippen LogP contribution < -0.4 is 14.8 Å². The van der Waals surface area contributed by atoms with Gasteiger partial charge in [0.05, 0.1) is 12.1 Å².